The van der Waals surface area contributed by atoms with Gasteiger partial charge in [-0.2, -0.15) is 5.10 Å². The fraction of sp³-hybridized carbons (Fsp3) is 0.0769. The summed E-state index contributed by atoms with van der Waals surface area (Å²) in [6.45, 7) is 0.742. The van der Waals surface area contributed by atoms with E-state index in [1.54, 1.807) is 22.3 Å². The zero-order chi connectivity index (χ0) is 13.1. The molecule has 2 aromatic heterocycles. The second-order valence-electron chi connectivity index (χ2n) is 4.04. The Labute approximate surface area is 114 Å². The monoisotopic (exact) mass is 271 g/mol. The molecule has 19 heavy (non-hydrogen) atoms. The Hall–Kier alpha value is -2.34. The zero-order valence-electron chi connectivity index (χ0n) is 10.2. The number of rotatable bonds is 4. The predicted octanol–water partition coefficient (Wildman–Crippen LogP) is 2.52. The average molecular weight is 271 g/mol. The second-order valence-corrected chi connectivity index (χ2v) is 5.04. The van der Waals surface area contributed by atoms with Gasteiger partial charge in [0.15, 0.2) is 0 Å². The fourth-order valence-electron chi connectivity index (χ4n) is 1.75. The van der Waals surface area contributed by atoms with Gasteiger partial charge in [-0.05, 0) is 35.7 Å². The Bertz CT molecular complexity index is 642. The van der Waals surface area contributed by atoms with E-state index in [1.807, 2.05) is 35.7 Å². The van der Waals surface area contributed by atoms with Gasteiger partial charge in [-0.3, -0.25) is 0 Å². The molecule has 0 amide bonds. The van der Waals surface area contributed by atoms with Gasteiger partial charge >= 0.3 is 0 Å². The quantitative estimate of drug-likeness (QED) is 0.765. The first-order chi connectivity index (χ1) is 9.33. The third-order valence-corrected chi connectivity index (χ3v) is 3.72. The second kappa shape index (κ2) is 5.11. The molecule has 0 atom stereocenters. The maximum Gasteiger partial charge on any atom is 0.138 e. The lowest BCUT2D eigenvalue weighted by Gasteiger charge is -2.07. The number of nitrogens with zero attached hydrogens (tertiary/aromatic N) is 3. The van der Waals surface area contributed by atoms with Crippen molar-refractivity contribution in [2.75, 3.05) is 11.1 Å². The standard InChI is InChI=1S/C13H13N5S/c14-12-5-6-19-13(12)7-16-10-1-3-11(4-2-10)18-9-15-8-17-18/h1-6,8-9,16H,7,14H2. The van der Waals surface area contributed by atoms with Crippen LogP contribution >= 0.6 is 11.3 Å². The van der Waals surface area contributed by atoms with E-state index in [9.17, 15) is 0 Å². The van der Waals surface area contributed by atoms with Gasteiger partial charge in [0.25, 0.3) is 0 Å². The molecule has 6 heteroatoms. The van der Waals surface area contributed by atoms with Crippen LogP contribution < -0.4 is 11.1 Å². The molecule has 96 valence electrons. The Morgan fingerprint density at radius 3 is 2.68 bits per heavy atom. The number of hydrogen-bond donors (Lipinski definition) is 2. The highest BCUT2D eigenvalue weighted by atomic mass is 32.1. The predicted molar refractivity (Wildman–Crippen MR) is 77.4 cm³/mol. The number of nitrogens with one attached hydrogen (secondary N) is 1. The minimum absolute atomic E-state index is 0.742. The van der Waals surface area contributed by atoms with E-state index in [0.29, 0.717) is 0 Å². The molecule has 0 aliphatic rings. The van der Waals surface area contributed by atoms with Crippen molar-refractivity contribution in [2.45, 2.75) is 6.54 Å². The van der Waals surface area contributed by atoms with E-state index in [0.717, 1.165) is 28.5 Å². The number of nitrogen functional groups attached to an aromatic ring is 1. The molecule has 3 rings (SSSR count). The van der Waals surface area contributed by atoms with Crippen LogP contribution in [0, 0.1) is 0 Å². The highest BCUT2D eigenvalue weighted by Gasteiger charge is 2.01. The molecule has 0 radical (unpaired) electrons. The molecule has 1 aromatic carbocycles. The summed E-state index contributed by atoms with van der Waals surface area (Å²) in [5.74, 6) is 0. The molecule has 0 spiro atoms. The van der Waals surface area contributed by atoms with Crippen LogP contribution in [-0.4, -0.2) is 14.8 Å². The first kappa shape index (κ1) is 11.7. The highest BCUT2D eigenvalue weighted by molar-refractivity contribution is 7.10. The highest BCUT2D eigenvalue weighted by Crippen LogP contribution is 2.20. The summed E-state index contributed by atoms with van der Waals surface area (Å²) in [5, 5.41) is 9.43. The maximum atomic E-state index is 5.84. The van der Waals surface area contributed by atoms with E-state index >= 15 is 0 Å². The van der Waals surface area contributed by atoms with Crippen molar-refractivity contribution in [3.63, 3.8) is 0 Å². The summed E-state index contributed by atoms with van der Waals surface area (Å²) in [6.07, 6.45) is 3.19. The van der Waals surface area contributed by atoms with E-state index in [-0.39, 0.29) is 0 Å². The van der Waals surface area contributed by atoms with Crippen molar-refractivity contribution in [1.29, 1.82) is 0 Å². The summed E-state index contributed by atoms with van der Waals surface area (Å²) >= 11 is 1.66. The number of thiophene rings is 1. The number of aromatic nitrogens is 3. The summed E-state index contributed by atoms with van der Waals surface area (Å²) in [6, 6.07) is 9.95. The van der Waals surface area contributed by atoms with Crippen molar-refractivity contribution in [3.05, 3.63) is 53.2 Å². The Morgan fingerprint density at radius 1 is 1.21 bits per heavy atom. The Balaban J connectivity index is 1.68. The number of benzene rings is 1. The third-order valence-electron chi connectivity index (χ3n) is 2.78. The smallest absolute Gasteiger partial charge is 0.138 e. The van der Waals surface area contributed by atoms with Crippen LogP contribution in [0.5, 0.6) is 0 Å². The lowest BCUT2D eigenvalue weighted by atomic mass is 10.2. The topological polar surface area (TPSA) is 68.8 Å². The summed E-state index contributed by atoms with van der Waals surface area (Å²) in [4.78, 5) is 5.08. The Morgan fingerprint density at radius 2 is 2.05 bits per heavy atom. The lowest BCUT2D eigenvalue weighted by Crippen LogP contribution is -2.00. The number of nitrogens with two attached hydrogens (primary N) is 1. The van der Waals surface area contributed by atoms with Crippen LogP contribution in [0.4, 0.5) is 11.4 Å². The van der Waals surface area contributed by atoms with E-state index in [2.05, 4.69) is 15.4 Å². The van der Waals surface area contributed by atoms with Crippen molar-refractivity contribution < 1.29 is 0 Å². The van der Waals surface area contributed by atoms with Crippen molar-refractivity contribution >= 4 is 22.7 Å². The molecule has 0 unspecified atom stereocenters. The van der Waals surface area contributed by atoms with Crippen LogP contribution in [0.15, 0.2) is 48.4 Å². The summed E-state index contributed by atoms with van der Waals surface area (Å²) in [7, 11) is 0. The fourth-order valence-corrected chi connectivity index (χ4v) is 2.49. The van der Waals surface area contributed by atoms with E-state index < -0.39 is 0 Å². The minimum atomic E-state index is 0.742. The molecular weight excluding hydrogens is 258 g/mol. The third kappa shape index (κ3) is 2.58. The SMILES string of the molecule is Nc1ccsc1CNc1ccc(-n2cncn2)cc1. The van der Waals surface area contributed by atoms with Gasteiger partial charge in [-0.25, -0.2) is 9.67 Å². The molecule has 0 fully saturated rings. The van der Waals surface area contributed by atoms with Gasteiger partial charge in [-0.15, -0.1) is 11.3 Å². The molecule has 3 N–H and O–H groups in total. The maximum absolute atomic E-state index is 5.84. The minimum Gasteiger partial charge on any atom is -0.398 e. The van der Waals surface area contributed by atoms with Crippen molar-refractivity contribution in [3.8, 4) is 5.69 Å². The van der Waals surface area contributed by atoms with Crippen LogP contribution in [-0.2, 0) is 6.54 Å². The lowest BCUT2D eigenvalue weighted by molar-refractivity contribution is 0.879. The average Bonchev–Trinajstić information content (AvgIpc) is 3.09. The molecular formula is C13H13N5S. The van der Waals surface area contributed by atoms with E-state index in [4.69, 9.17) is 5.73 Å². The van der Waals surface area contributed by atoms with Crippen LogP contribution in [0.3, 0.4) is 0 Å². The van der Waals surface area contributed by atoms with Gasteiger partial charge in [-0.1, -0.05) is 0 Å². The molecule has 0 bridgehead atoms. The normalized spacial score (nSPS) is 10.5. The number of hydrogen-bond acceptors (Lipinski definition) is 5. The molecule has 5 nitrogen and oxygen atoms in total. The van der Waals surface area contributed by atoms with Crippen LogP contribution in [0.25, 0.3) is 5.69 Å². The Kier molecular flexibility index (Phi) is 3.16. The van der Waals surface area contributed by atoms with Crippen LogP contribution in [0.2, 0.25) is 0 Å². The van der Waals surface area contributed by atoms with Crippen LogP contribution in [0.1, 0.15) is 4.88 Å². The molecule has 0 aliphatic carbocycles. The van der Waals surface area contributed by atoms with Gasteiger partial charge in [0.1, 0.15) is 12.7 Å². The number of anilines is 2. The summed E-state index contributed by atoms with van der Waals surface area (Å²) < 4.78 is 1.72. The van der Waals surface area contributed by atoms with E-state index in [1.165, 1.54) is 6.33 Å². The van der Waals surface area contributed by atoms with Gasteiger partial charge < -0.3 is 11.1 Å². The van der Waals surface area contributed by atoms with Gasteiger partial charge in [0.05, 0.1) is 12.2 Å². The molecule has 3 aromatic rings. The van der Waals surface area contributed by atoms with Crippen molar-refractivity contribution in [2.24, 2.45) is 0 Å². The summed E-state index contributed by atoms with van der Waals surface area (Å²) in [5.41, 5.74) is 8.73. The first-order valence-electron chi connectivity index (χ1n) is 5.84. The first-order valence-corrected chi connectivity index (χ1v) is 6.72. The molecule has 0 saturated heterocycles. The molecule has 0 aliphatic heterocycles. The molecule has 2 heterocycles. The largest absolute Gasteiger partial charge is 0.398 e. The zero-order valence-corrected chi connectivity index (χ0v) is 11.0. The van der Waals surface area contributed by atoms with Gasteiger partial charge in [0, 0.05) is 16.3 Å². The molecule has 0 saturated carbocycles. The van der Waals surface area contributed by atoms with Crippen molar-refractivity contribution in [1.82, 2.24) is 14.8 Å². The van der Waals surface area contributed by atoms with Gasteiger partial charge in [0.2, 0.25) is 0 Å².